The molecule has 0 saturated heterocycles. The Bertz CT molecular complexity index is 838. The molecular weight excluding hydrogens is 306 g/mol. The van der Waals surface area contributed by atoms with Crippen LogP contribution in [0.2, 0.25) is 0 Å². The van der Waals surface area contributed by atoms with Crippen LogP contribution in [-0.4, -0.2) is 21.5 Å². The van der Waals surface area contributed by atoms with Crippen LogP contribution in [0.1, 0.15) is 20.7 Å². The summed E-state index contributed by atoms with van der Waals surface area (Å²) < 4.78 is 1.92. The lowest BCUT2D eigenvalue weighted by Crippen LogP contribution is -2.41. The average molecular weight is 321 g/mol. The molecule has 0 spiro atoms. The number of hydrazine groups is 1. The number of nitrogens with one attached hydrogen (secondary N) is 2. The van der Waals surface area contributed by atoms with Crippen LogP contribution in [-0.2, 0) is 0 Å². The predicted molar refractivity (Wildman–Crippen MR) is 88.8 cm³/mol. The van der Waals surface area contributed by atoms with Crippen molar-refractivity contribution in [3.8, 4) is 11.4 Å². The van der Waals surface area contributed by atoms with Crippen LogP contribution in [0, 0.1) is 0 Å². The maximum absolute atomic E-state index is 12.1. The van der Waals surface area contributed by atoms with Crippen LogP contribution in [0.15, 0.2) is 73.1 Å². The maximum atomic E-state index is 12.1. The third kappa shape index (κ3) is 3.44. The number of benzene rings is 2. The van der Waals surface area contributed by atoms with Gasteiger partial charge >= 0.3 is 0 Å². The molecule has 1 heterocycles. The lowest BCUT2D eigenvalue weighted by molar-refractivity contribution is 0.0846. The molecule has 3 aromatic rings. The molecule has 0 aliphatic rings. The number of amides is 2. The van der Waals surface area contributed by atoms with Crippen molar-refractivity contribution in [3.63, 3.8) is 0 Å². The first-order valence-electron chi connectivity index (χ1n) is 7.26. The summed E-state index contributed by atoms with van der Waals surface area (Å²) in [5, 5.41) is 9.19. The van der Waals surface area contributed by atoms with Gasteiger partial charge in [-0.15, -0.1) is 0 Å². The molecule has 24 heavy (non-hydrogen) atoms. The van der Waals surface area contributed by atoms with Crippen molar-refractivity contribution in [2.45, 2.75) is 0 Å². The summed E-state index contributed by atoms with van der Waals surface area (Å²) in [7, 11) is 0. The zero-order valence-electron chi connectivity index (χ0n) is 12.6. The van der Waals surface area contributed by atoms with E-state index >= 15 is 0 Å². The lowest BCUT2D eigenvalue weighted by atomic mass is 10.2. The Labute approximate surface area is 138 Å². The minimum atomic E-state index is -0.465. The normalized spacial score (nSPS) is 10.2. The Hall–Kier alpha value is -3.54. The predicted octanol–water partition coefficient (Wildman–Crippen LogP) is 2.26. The van der Waals surface area contributed by atoms with E-state index < -0.39 is 11.8 Å². The van der Waals surface area contributed by atoms with Gasteiger partial charge in [-0.3, -0.25) is 20.4 Å². The third-order valence-corrected chi connectivity index (χ3v) is 3.45. The molecule has 6 heteroatoms. The summed E-state index contributed by atoms with van der Waals surface area (Å²) in [5.74, 6) is -0.813. The second-order valence-electron chi connectivity index (χ2n) is 5.09. The number of phenols is 1. The Morgan fingerprint density at radius 1 is 0.750 bits per heavy atom. The molecule has 0 radical (unpaired) electrons. The quantitative estimate of drug-likeness (QED) is 0.647. The number of phenolic OH excluding ortho intramolecular Hbond substituents is 1. The summed E-state index contributed by atoms with van der Waals surface area (Å²) in [6.07, 6.45) is 3.82. The van der Waals surface area contributed by atoms with Gasteiger partial charge in [-0.1, -0.05) is 0 Å². The van der Waals surface area contributed by atoms with Crippen molar-refractivity contribution < 1.29 is 14.7 Å². The van der Waals surface area contributed by atoms with E-state index in [1.165, 1.54) is 24.3 Å². The summed E-state index contributed by atoms with van der Waals surface area (Å²) in [6.45, 7) is 0. The molecular formula is C18H15N3O3. The summed E-state index contributed by atoms with van der Waals surface area (Å²) >= 11 is 0. The summed E-state index contributed by atoms with van der Waals surface area (Å²) in [4.78, 5) is 24.0. The first-order valence-corrected chi connectivity index (χ1v) is 7.26. The number of rotatable bonds is 3. The van der Waals surface area contributed by atoms with Crippen molar-refractivity contribution in [1.29, 1.82) is 0 Å². The molecule has 0 aliphatic heterocycles. The van der Waals surface area contributed by atoms with Gasteiger partial charge in [-0.25, -0.2) is 0 Å². The highest BCUT2D eigenvalue weighted by Gasteiger charge is 2.09. The van der Waals surface area contributed by atoms with E-state index in [2.05, 4.69) is 10.9 Å². The van der Waals surface area contributed by atoms with E-state index in [1.807, 2.05) is 41.2 Å². The van der Waals surface area contributed by atoms with Crippen molar-refractivity contribution in [2.24, 2.45) is 0 Å². The highest BCUT2D eigenvalue weighted by Crippen LogP contribution is 2.10. The van der Waals surface area contributed by atoms with Gasteiger partial charge in [-0.2, -0.15) is 0 Å². The lowest BCUT2D eigenvalue weighted by Gasteiger charge is -2.08. The highest BCUT2D eigenvalue weighted by molar-refractivity contribution is 5.99. The smallest absolute Gasteiger partial charge is 0.269 e. The van der Waals surface area contributed by atoms with Crippen molar-refractivity contribution in [1.82, 2.24) is 15.4 Å². The largest absolute Gasteiger partial charge is 0.508 e. The van der Waals surface area contributed by atoms with E-state index in [4.69, 9.17) is 0 Å². The number of aromatic hydroxyl groups is 1. The molecule has 0 aliphatic carbocycles. The summed E-state index contributed by atoms with van der Waals surface area (Å²) in [6, 6.07) is 16.5. The number of carbonyl (C=O) groups is 2. The fourth-order valence-electron chi connectivity index (χ4n) is 2.16. The van der Waals surface area contributed by atoms with Gasteiger partial charge in [-0.05, 0) is 60.7 Å². The Kier molecular flexibility index (Phi) is 4.29. The molecule has 0 unspecified atom stereocenters. The second kappa shape index (κ2) is 6.70. The van der Waals surface area contributed by atoms with E-state index in [1.54, 1.807) is 12.1 Å². The fourth-order valence-corrected chi connectivity index (χ4v) is 2.16. The molecule has 1 aromatic heterocycles. The summed E-state index contributed by atoms with van der Waals surface area (Å²) in [5.41, 5.74) is 6.38. The molecule has 3 N–H and O–H groups in total. The Morgan fingerprint density at radius 3 is 1.71 bits per heavy atom. The minimum absolute atomic E-state index is 0.0679. The Balaban J connectivity index is 1.60. The molecule has 0 atom stereocenters. The van der Waals surface area contributed by atoms with E-state index in [0.29, 0.717) is 11.1 Å². The molecule has 2 amide bonds. The fraction of sp³-hybridized carbons (Fsp3) is 0. The monoisotopic (exact) mass is 321 g/mol. The zero-order chi connectivity index (χ0) is 16.9. The first kappa shape index (κ1) is 15.4. The number of carbonyl (C=O) groups excluding carboxylic acids is 2. The molecule has 0 bridgehead atoms. The number of nitrogens with zero attached hydrogens (tertiary/aromatic N) is 1. The highest BCUT2D eigenvalue weighted by atomic mass is 16.3. The molecule has 120 valence electrons. The van der Waals surface area contributed by atoms with Gasteiger partial charge < -0.3 is 9.67 Å². The van der Waals surface area contributed by atoms with Gasteiger partial charge in [0.1, 0.15) is 5.75 Å². The van der Waals surface area contributed by atoms with Crippen LogP contribution in [0.4, 0.5) is 0 Å². The molecule has 0 fully saturated rings. The van der Waals surface area contributed by atoms with Crippen LogP contribution in [0.5, 0.6) is 5.75 Å². The van der Waals surface area contributed by atoms with Gasteiger partial charge in [0.25, 0.3) is 11.8 Å². The van der Waals surface area contributed by atoms with Crippen LogP contribution < -0.4 is 10.9 Å². The van der Waals surface area contributed by atoms with Crippen LogP contribution >= 0.6 is 0 Å². The molecule has 3 rings (SSSR count). The first-order chi connectivity index (χ1) is 11.6. The van der Waals surface area contributed by atoms with Crippen LogP contribution in [0.25, 0.3) is 5.69 Å². The zero-order valence-corrected chi connectivity index (χ0v) is 12.6. The molecule has 2 aromatic carbocycles. The topological polar surface area (TPSA) is 83.4 Å². The van der Waals surface area contributed by atoms with Crippen LogP contribution in [0.3, 0.4) is 0 Å². The Morgan fingerprint density at radius 2 is 1.21 bits per heavy atom. The van der Waals surface area contributed by atoms with Crippen molar-refractivity contribution in [3.05, 3.63) is 84.2 Å². The van der Waals surface area contributed by atoms with Crippen molar-refractivity contribution >= 4 is 11.8 Å². The molecule has 6 nitrogen and oxygen atoms in total. The van der Waals surface area contributed by atoms with Gasteiger partial charge in [0, 0.05) is 29.2 Å². The third-order valence-electron chi connectivity index (χ3n) is 3.45. The van der Waals surface area contributed by atoms with Gasteiger partial charge in [0.05, 0.1) is 0 Å². The minimum Gasteiger partial charge on any atom is -0.508 e. The number of aromatic nitrogens is 1. The standard InChI is InChI=1S/C18H15N3O3/c22-16-9-5-14(6-10-16)18(24)20-19-17(23)13-3-7-15(8-4-13)21-11-1-2-12-21/h1-12,22H,(H,19,23)(H,20,24). The molecule has 0 saturated carbocycles. The van der Waals surface area contributed by atoms with E-state index in [-0.39, 0.29) is 5.75 Å². The number of hydrogen-bond donors (Lipinski definition) is 3. The maximum Gasteiger partial charge on any atom is 0.269 e. The average Bonchev–Trinajstić information content (AvgIpc) is 3.15. The van der Waals surface area contributed by atoms with Crippen molar-refractivity contribution in [2.75, 3.05) is 0 Å². The van der Waals surface area contributed by atoms with E-state index in [0.717, 1.165) is 5.69 Å². The van der Waals surface area contributed by atoms with E-state index in [9.17, 15) is 14.7 Å². The van der Waals surface area contributed by atoms with Gasteiger partial charge in [0.2, 0.25) is 0 Å². The SMILES string of the molecule is O=C(NNC(=O)c1ccc(-n2cccc2)cc1)c1ccc(O)cc1. The number of hydrogen-bond acceptors (Lipinski definition) is 3. The van der Waals surface area contributed by atoms with Gasteiger partial charge in [0.15, 0.2) is 0 Å². The second-order valence-corrected chi connectivity index (χ2v) is 5.09.